The fourth-order valence-corrected chi connectivity index (χ4v) is 4.00. The van der Waals surface area contributed by atoms with Gasteiger partial charge in [-0.25, -0.2) is 14.8 Å². The van der Waals surface area contributed by atoms with Crippen LogP contribution in [0.1, 0.15) is 57.9 Å². The van der Waals surface area contributed by atoms with Crippen molar-refractivity contribution >= 4 is 0 Å². The zero-order chi connectivity index (χ0) is 24.1. The van der Waals surface area contributed by atoms with Gasteiger partial charge in [0.15, 0.2) is 5.82 Å². The monoisotopic (exact) mass is 461 g/mol. The third kappa shape index (κ3) is 4.90. The Kier molecular flexibility index (Phi) is 7.14. The van der Waals surface area contributed by atoms with Gasteiger partial charge in [0.1, 0.15) is 5.82 Å². The molecule has 34 heavy (non-hydrogen) atoms. The van der Waals surface area contributed by atoms with Gasteiger partial charge in [0.2, 0.25) is 11.6 Å². The fraction of sp³-hybridized carbons (Fsp3) is 0.400. The van der Waals surface area contributed by atoms with Crippen LogP contribution in [0.2, 0.25) is 0 Å². The normalized spacial score (nSPS) is 11.9. The Hall–Kier alpha value is -3.43. The summed E-state index contributed by atoms with van der Waals surface area (Å²) >= 11 is 0. The van der Waals surface area contributed by atoms with Crippen LogP contribution in [0.4, 0.5) is 0 Å². The number of H-pyrrole nitrogens is 1. The molecule has 0 spiro atoms. The highest BCUT2D eigenvalue weighted by atomic mass is 16.7. The number of hydrogen-bond acceptors (Lipinski definition) is 7. The van der Waals surface area contributed by atoms with Gasteiger partial charge in [0.25, 0.3) is 0 Å². The predicted octanol–water partition coefficient (Wildman–Crippen LogP) is 4.54. The molecule has 9 nitrogen and oxygen atoms in total. The maximum atomic E-state index is 5.88. The molecule has 0 unspecified atom stereocenters. The number of aromatic amines is 1. The molecule has 0 aliphatic carbocycles. The summed E-state index contributed by atoms with van der Waals surface area (Å²) in [5.74, 6) is 1.09. The third-order valence-corrected chi connectivity index (χ3v) is 5.59. The van der Waals surface area contributed by atoms with Gasteiger partial charge >= 0.3 is 0 Å². The summed E-state index contributed by atoms with van der Waals surface area (Å²) in [6.07, 6.45) is 0.646. The number of ether oxygens (including phenoxy) is 2. The second-order valence-corrected chi connectivity index (χ2v) is 8.37. The summed E-state index contributed by atoms with van der Waals surface area (Å²) in [6.45, 7) is 11.0. The molecule has 0 amide bonds. The van der Waals surface area contributed by atoms with Gasteiger partial charge in [-0.1, -0.05) is 48.5 Å². The first-order valence-electron chi connectivity index (χ1n) is 11.6. The summed E-state index contributed by atoms with van der Waals surface area (Å²) in [6, 6.07) is 16.7. The zero-order valence-electron chi connectivity index (χ0n) is 20.3. The fourth-order valence-electron chi connectivity index (χ4n) is 4.00. The molecule has 0 aliphatic heterocycles. The first kappa shape index (κ1) is 23.7. The molecule has 0 saturated heterocycles. The molecule has 9 heteroatoms. The minimum atomic E-state index is -0.971. The van der Waals surface area contributed by atoms with E-state index in [1.54, 1.807) is 0 Å². The number of rotatable bonds is 10. The van der Waals surface area contributed by atoms with E-state index in [2.05, 4.69) is 64.8 Å². The second kappa shape index (κ2) is 10.2. The van der Waals surface area contributed by atoms with E-state index < -0.39 is 5.79 Å². The molecule has 2 aromatic carbocycles. The Morgan fingerprint density at radius 3 is 2.24 bits per heavy atom. The summed E-state index contributed by atoms with van der Waals surface area (Å²) in [5, 5.41) is 19.1. The molecule has 0 radical (unpaired) electrons. The minimum absolute atomic E-state index is 0.158. The van der Waals surface area contributed by atoms with Gasteiger partial charge in [0, 0.05) is 31.2 Å². The van der Waals surface area contributed by atoms with Crippen molar-refractivity contribution < 1.29 is 9.47 Å². The molecule has 0 fully saturated rings. The Balaban J connectivity index is 1.62. The lowest BCUT2D eigenvalue weighted by atomic mass is 9.98. The second-order valence-electron chi connectivity index (χ2n) is 8.37. The number of tetrazole rings is 1. The summed E-state index contributed by atoms with van der Waals surface area (Å²) in [4.78, 5) is 4.84. The van der Waals surface area contributed by atoms with E-state index in [9.17, 15) is 0 Å². The molecule has 178 valence electrons. The lowest BCUT2D eigenvalue weighted by Gasteiger charge is -2.25. The van der Waals surface area contributed by atoms with Gasteiger partial charge in [-0.15, -0.1) is 10.2 Å². The Morgan fingerprint density at radius 1 is 0.971 bits per heavy atom. The van der Waals surface area contributed by atoms with Crippen LogP contribution in [0.15, 0.2) is 48.5 Å². The molecule has 2 aromatic heterocycles. The van der Waals surface area contributed by atoms with Crippen LogP contribution in [0.5, 0.6) is 0 Å². The van der Waals surface area contributed by atoms with E-state index >= 15 is 0 Å². The van der Waals surface area contributed by atoms with Crippen molar-refractivity contribution in [2.24, 2.45) is 0 Å². The van der Waals surface area contributed by atoms with Crippen LogP contribution >= 0.6 is 0 Å². The number of nitrogens with zero attached hydrogens (tertiary/aromatic N) is 6. The van der Waals surface area contributed by atoms with Crippen molar-refractivity contribution in [3.63, 3.8) is 0 Å². The molecule has 0 bridgehead atoms. The standard InChI is InChI=1S/C25H31N7O2/c1-6-33-25(5,34-7-2)24-26-22(32(29-24)17(3)4)16-18-12-14-19(15-13-18)20-10-8-9-11-21(20)23-27-30-31-28-23/h8-15,17H,6-7,16H2,1-5H3,(H,27,28,30,31). The highest BCUT2D eigenvalue weighted by Crippen LogP contribution is 2.30. The molecular weight excluding hydrogens is 430 g/mol. The van der Waals surface area contributed by atoms with Crippen molar-refractivity contribution in [1.29, 1.82) is 0 Å². The molecule has 4 rings (SSSR count). The maximum absolute atomic E-state index is 5.88. The van der Waals surface area contributed by atoms with E-state index in [4.69, 9.17) is 19.6 Å². The van der Waals surface area contributed by atoms with E-state index in [1.165, 1.54) is 0 Å². The van der Waals surface area contributed by atoms with Gasteiger partial charge in [0.05, 0.1) is 0 Å². The molecule has 0 aliphatic rings. The maximum Gasteiger partial charge on any atom is 0.229 e. The number of hydrogen-bond donors (Lipinski definition) is 1. The van der Waals surface area contributed by atoms with E-state index in [0.717, 1.165) is 28.1 Å². The first-order valence-corrected chi connectivity index (χ1v) is 11.6. The van der Waals surface area contributed by atoms with Crippen LogP contribution in [-0.2, 0) is 21.7 Å². The van der Waals surface area contributed by atoms with Gasteiger partial charge in [-0.3, -0.25) is 0 Å². The van der Waals surface area contributed by atoms with Gasteiger partial charge < -0.3 is 9.47 Å². The highest BCUT2D eigenvalue weighted by Gasteiger charge is 2.34. The molecule has 0 saturated carbocycles. The average molecular weight is 462 g/mol. The molecular formula is C25H31N7O2. The van der Waals surface area contributed by atoms with Crippen molar-refractivity contribution in [3.8, 4) is 22.5 Å². The zero-order valence-corrected chi connectivity index (χ0v) is 20.3. The van der Waals surface area contributed by atoms with Crippen molar-refractivity contribution in [1.82, 2.24) is 35.4 Å². The summed E-state index contributed by atoms with van der Waals surface area (Å²) in [5.41, 5.74) is 4.24. The smallest absolute Gasteiger partial charge is 0.229 e. The number of aromatic nitrogens is 7. The van der Waals surface area contributed by atoms with E-state index in [-0.39, 0.29) is 6.04 Å². The lowest BCUT2D eigenvalue weighted by molar-refractivity contribution is -0.234. The van der Waals surface area contributed by atoms with Crippen LogP contribution in [0, 0.1) is 0 Å². The predicted molar refractivity (Wildman–Crippen MR) is 129 cm³/mol. The highest BCUT2D eigenvalue weighted by molar-refractivity contribution is 5.80. The van der Waals surface area contributed by atoms with Gasteiger partial charge in [-0.2, -0.15) is 0 Å². The SMILES string of the molecule is CCOC(C)(OCC)c1nc(Cc2ccc(-c3ccccc3-c3nnn[nH]3)cc2)n(C(C)C)n1. The molecule has 0 atom stereocenters. The Morgan fingerprint density at radius 2 is 1.65 bits per heavy atom. The minimum Gasteiger partial charge on any atom is -0.344 e. The number of nitrogens with one attached hydrogen (secondary N) is 1. The van der Waals surface area contributed by atoms with Crippen LogP contribution in [-0.4, -0.2) is 48.6 Å². The van der Waals surface area contributed by atoms with Crippen molar-refractivity contribution in [2.45, 2.75) is 52.9 Å². The topological polar surface area (TPSA) is 104 Å². The summed E-state index contributed by atoms with van der Waals surface area (Å²) in [7, 11) is 0. The van der Waals surface area contributed by atoms with Crippen molar-refractivity contribution in [2.75, 3.05) is 13.2 Å². The Bertz CT molecular complexity index is 1190. The van der Waals surface area contributed by atoms with Crippen LogP contribution in [0.3, 0.4) is 0 Å². The Labute approximate surface area is 199 Å². The van der Waals surface area contributed by atoms with E-state index in [1.807, 2.05) is 43.7 Å². The third-order valence-electron chi connectivity index (χ3n) is 5.59. The molecule has 2 heterocycles. The van der Waals surface area contributed by atoms with E-state index in [0.29, 0.717) is 31.3 Å². The van der Waals surface area contributed by atoms with Crippen LogP contribution < -0.4 is 0 Å². The first-order chi connectivity index (χ1) is 16.4. The molecule has 1 N–H and O–H groups in total. The van der Waals surface area contributed by atoms with Gasteiger partial charge in [-0.05, 0) is 61.7 Å². The quantitative estimate of drug-likeness (QED) is 0.346. The number of benzene rings is 2. The summed E-state index contributed by atoms with van der Waals surface area (Å²) < 4.78 is 13.7. The molecule has 4 aromatic rings. The van der Waals surface area contributed by atoms with Crippen molar-refractivity contribution in [3.05, 3.63) is 65.7 Å². The average Bonchev–Trinajstić information content (AvgIpc) is 3.51. The lowest BCUT2D eigenvalue weighted by Crippen LogP contribution is -2.31. The largest absolute Gasteiger partial charge is 0.344 e. The van der Waals surface area contributed by atoms with Crippen LogP contribution in [0.25, 0.3) is 22.5 Å².